The van der Waals surface area contributed by atoms with Crippen LogP contribution in [0.3, 0.4) is 0 Å². The lowest BCUT2D eigenvalue weighted by Gasteiger charge is -2.24. The number of urea groups is 1. The molecule has 1 aliphatic heterocycles. The van der Waals surface area contributed by atoms with Gasteiger partial charge < -0.3 is 20.4 Å². The van der Waals surface area contributed by atoms with Crippen molar-refractivity contribution in [2.45, 2.75) is 6.42 Å². The number of nitrogens with zero attached hydrogens (tertiary/aromatic N) is 2. The maximum absolute atomic E-state index is 13.2. The Hall–Kier alpha value is -3.87. The molecule has 1 fully saturated rings. The third kappa shape index (κ3) is 5.43. The molecule has 0 spiro atoms. The van der Waals surface area contributed by atoms with E-state index in [0.717, 1.165) is 18.7 Å². The average molecular weight is 432 g/mol. The Morgan fingerprint density at radius 3 is 2.06 bits per heavy atom. The van der Waals surface area contributed by atoms with Gasteiger partial charge in [0.1, 0.15) is 5.82 Å². The number of carbonyl (C=O) groups excluding carboxylic acids is 2. The molecule has 1 saturated heterocycles. The average Bonchev–Trinajstić information content (AvgIpc) is 3.07. The number of nitrogens with one attached hydrogen (secondary N) is 2. The van der Waals surface area contributed by atoms with Crippen LogP contribution < -0.4 is 15.5 Å². The molecule has 1 aliphatic rings. The molecule has 0 atom stereocenters. The molecule has 0 aliphatic carbocycles. The van der Waals surface area contributed by atoms with Crippen LogP contribution in [0.25, 0.3) is 0 Å². The van der Waals surface area contributed by atoms with Crippen molar-refractivity contribution in [3.05, 3.63) is 90.2 Å². The van der Waals surface area contributed by atoms with Gasteiger partial charge in [0.15, 0.2) is 0 Å². The number of amides is 3. The Kier molecular flexibility index (Phi) is 6.65. The first-order valence-electron chi connectivity index (χ1n) is 10.6. The Morgan fingerprint density at radius 2 is 1.38 bits per heavy atom. The Labute approximate surface area is 186 Å². The summed E-state index contributed by atoms with van der Waals surface area (Å²) in [4.78, 5) is 29.1. The van der Waals surface area contributed by atoms with Gasteiger partial charge >= 0.3 is 6.03 Å². The van der Waals surface area contributed by atoms with Gasteiger partial charge in [-0.3, -0.25) is 4.79 Å². The highest BCUT2D eigenvalue weighted by Crippen LogP contribution is 2.19. The molecule has 0 unspecified atom stereocenters. The molecule has 32 heavy (non-hydrogen) atoms. The van der Waals surface area contributed by atoms with Crippen LogP contribution in [0.4, 0.5) is 26.2 Å². The lowest BCUT2D eigenvalue weighted by Crippen LogP contribution is -2.35. The van der Waals surface area contributed by atoms with Crippen molar-refractivity contribution < 1.29 is 14.0 Å². The Bertz CT molecular complexity index is 1060. The fourth-order valence-electron chi connectivity index (χ4n) is 3.72. The van der Waals surface area contributed by atoms with E-state index in [1.54, 1.807) is 48.5 Å². The minimum Gasteiger partial charge on any atom is -0.370 e. The zero-order valence-corrected chi connectivity index (χ0v) is 17.6. The zero-order chi connectivity index (χ0) is 22.3. The van der Waals surface area contributed by atoms with Crippen molar-refractivity contribution >= 4 is 29.0 Å². The fourth-order valence-corrected chi connectivity index (χ4v) is 3.72. The summed E-state index contributed by atoms with van der Waals surface area (Å²) < 4.78 is 13.2. The summed E-state index contributed by atoms with van der Waals surface area (Å²) in [5.41, 5.74) is 2.85. The van der Waals surface area contributed by atoms with Gasteiger partial charge in [-0.25, -0.2) is 9.18 Å². The van der Waals surface area contributed by atoms with Gasteiger partial charge in [0.25, 0.3) is 5.91 Å². The number of hydrogen-bond acceptors (Lipinski definition) is 3. The minimum atomic E-state index is -0.344. The van der Waals surface area contributed by atoms with E-state index >= 15 is 0 Å². The highest BCUT2D eigenvalue weighted by molar-refractivity contribution is 6.00. The lowest BCUT2D eigenvalue weighted by molar-refractivity contribution is 0.0767. The van der Waals surface area contributed by atoms with E-state index in [1.807, 2.05) is 23.1 Å². The summed E-state index contributed by atoms with van der Waals surface area (Å²) in [6.07, 6.45) is 0.836. The van der Waals surface area contributed by atoms with Crippen LogP contribution in [0.5, 0.6) is 0 Å². The largest absolute Gasteiger partial charge is 0.370 e. The summed E-state index contributed by atoms with van der Waals surface area (Å²) in [6, 6.07) is 22.2. The Balaban J connectivity index is 1.33. The molecule has 6 nitrogen and oxygen atoms in total. The number of anilines is 3. The smallest absolute Gasteiger partial charge is 0.323 e. The Morgan fingerprint density at radius 1 is 0.719 bits per heavy atom. The molecular weight excluding hydrogens is 407 g/mol. The van der Waals surface area contributed by atoms with Crippen LogP contribution in [0.15, 0.2) is 78.9 Å². The van der Waals surface area contributed by atoms with E-state index in [0.29, 0.717) is 36.6 Å². The number of carbonyl (C=O) groups is 2. The first kappa shape index (κ1) is 21.4. The highest BCUT2D eigenvalue weighted by Gasteiger charge is 2.20. The van der Waals surface area contributed by atoms with E-state index in [-0.39, 0.29) is 17.8 Å². The molecule has 0 radical (unpaired) electrons. The van der Waals surface area contributed by atoms with E-state index in [2.05, 4.69) is 15.5 Å². The van der Waals surface area contributed by atoms with Crippen molar-refractivity contribution in [3.8, 4) is 0 Å². The number of para-hydroxylation sites is 1. The predicted molar refractivity (Wildman–Crippen MR) is 125 cm³/mol. The second-order valence-corrected chi connectivity index (χ2v) is 7.63. The SMILES string of the molecule is O=C(Nc1ccccc1)Nc1ccc(C(=O)N2CCCN(c3ccc(F)cc3)CC2)cc1. The van der Waals surface area contributed by atoms with E-state index in [4.69, 9.17) is 0 Å². The zero-order valence-electron chi connectivity index (χ0n) is 17.6. The van der Waals surface area contributed by atoms with Gasteiger partial charge in [-0.05, 0) is 67.1 Å². The second-order valence-electron chi connectivity index (χ2n) is 7.63. The first-order valence-corrected chi connectivity index (χ1v) is 10.6. The normalized spacial score (nSPS) is 13.9. The number of rotatable bonds is 4. The summed E-state index contributed by atoms with van der Waals surface area (Å²) in [6.45, 7) is 2.76. The minimum absolute atomic E-state index is 0.0359. The number of halogens is 1. The van der Waals surface area contributed by atoms with Gasteiger partial charge in [0.2, 0.25) is 0 Å². The van der Waals surface area contributed by atoms with E-state index < -0.39 is 0 Å². The summed E-state index contributed by atoms with van der Waals surface area (Å²) >= 11 is 0. The molecule has 7 heteroatoms. The van der Waals surface area contributed by atoms with Crippen LogP contribution in [0.1, 0.15) is 16.8 Å². The second kappa shape index (κ2) is 9.96. The molecule has 3 amide bonds. The quantitative estimate of drug-likeness (QED) is 0.621. The monoisotopic (exact) mass is 432 g/mol. The molecule has 0 aromatic heterocycles. The van der Waals surface area contributed by atoms with Gasteiger partial charge in [-0.15, -0.1) is 0 Å². The van der Waals surface area contributed by atoms with Gasteiger partial charge in [0.05, 0.1) is 0 Å². The molecule has 1 heterocycles. The molecule has 2 N–H and O–H groups in total. The molecule has 3 aromatic rings. The van der Waals surface area contributed by atoms with Crippen LogP contribution in [0, 0.1) is 5.82 Å². The maximum Gasteiger partial charge on any atom is 0.323 e. The van der Waals surface area contributed by atoms with Crippen molar-refractivity contribution in [3.63, 3.8) is 0 Å². The molecule has 164 valence electrons. The molecule has 0 saturated carbocycles. The fraction of sp³-hybridized carbons (Fsp3) is 0.200. The van der Waals surface area contributed by atoms with Crippen LogP contribution >= 0.6 is 0 Å². The lowest BCUT2D eigenvalue weighted by atomic mass is 10.1. The van der Waals surface area contributed by atoms with Crippen LogP contribution in [-0.4, -0.2) is 43.0 Å². The van der Waals surface area contributed by atoms with Crippen LogP contribution in [0.2, 0.25) is 0 Å². The van der Waals surface area contributed by atoms with E-state index in [1.165, 1.54) is 12.1 Å². The van der Waals surface area contributed by atoms with Crippen LogP contribution in [-0.2, 0) is 0 Å². The van der Waals surface area contributed by atoms with E-state index in [9.17, 15) is 14.0 Å². The van der Waals surface area contributed by atoms with Crippen molar-refractivity contribution in [2.24, 2.45) is 0 Å². The van der Waals surface area contributed by atoms with Crippen molar-refractivity contribution in [2.75, 3.05) is 41.7 Å². The van der Waals surface area contributed by atoms with Gasteiger partial charge in [0, 0.05) is 48.8 Å². The van der Waals surface area contributed by atoms with Crippen molar-refractivity contribution in [1.82, 2.24) is 4.90 Å². The topological polar surface area (TPSA) is 64.7 Å². The third-order valence-corrected chi connectivity index (χ3v) is 5.40. The molecule has 0 bridgehead atoms. The molecule has 3 aromatic carbocycles. The summed E-state index contributed by atoms with van der Waals surface area (Å²) in [5.74, 6) is -0.290. The molecular formula is C25H25FN4O2. The van der Waals surface area contributed by atoms with Crippen molar-refractivity contribution in [1.29, 1.82) is 0 Å². The predicted octanol–water partition coefficient (Wildman–Crippen LogP) is 4.82. The molecule has 4 rings (SSSR count). The van der Waals surface area contributed by atoms with Gasteiger partial charge in [-0.2, -0.15) is 0 Å². The summed E-state index contributed by atoms with van der Waals surface area (Å²) in [7, 11) is 0. The third-order valence-electron chi connectivity index (χ3n) is 5.40. The number of benzene rings is 3. The highest BCUT2D eigenvalue weighted by atomic mass is 19.1. The maximum atomic E-state index is 13.2. The standard InChI is InChI=1S/C25H25FN4O2/c26-20-9-13-23(14-10-20)29-15-4-16-30(18-17-29)24(31)19-7-11-22(12-8-19)28-25(32)27-21-5-2-1-3-6-21/h1-3,5-14H,4,15-18H2,(H2,27,28,32). The number of hydrogen-bond donors (Lipinski definition) is 2. The first-order chi connectivity index (χ1) is 15.6. The van der Waals surface area contributed by atoms with Gasteiger partial charge in [-0.1, -0.05) is 18.2 Å². The summed E-state index contributed by atoms with van der Waals surface area (Å²) in [5, 5.41) is 5.52.